The van der Waals surface area contributed by atoms with Crippen molar-refractivity contribution in [1.29, 1.82) is 0 Å². The summed E-state index contributed by atoms with van der Waals surface area (Å²) in [4.78, 5) is 12.4. The van der Waals surface area contributed by atoms with Crippen molar-refractivity contribution in [1.82, 2.24) is 5.32 Å². The van der Waals surface area contributed by atoms with Gasteiger partial charge in [0.1, 0.15) is 0 Å². The number of hydrogen-bond donors (Lipinski definition) is 2. The normalized spacial score (nSPS) is 32.7. The molecular weight excluding hydrogens is 248 g/mol. The van der Waals surface area contributed by atoms with Crippen molar-refractivity contribution in [2.45, 2.75) is 51.1 Å². The monoisotopic (exact) mass is 272 g/mol. The summed E-state index contributed by atoms with van der Waals surface area (Å²) in [5.41, 5.74) is 8.08. The Morgan fingerprint density at radius 3 is 2.35 bits per heavy atom. The minimum Gasteiger partial charge on any atom is -0.349 e. The highest BCUT2D eigenvalue weighted by atomic mass is 16.1. The second-order valence-electron chi connectivity index (χ2n) is 6.55. The average Bonchev–Trinajstić information content (AvgIpc) is 2.40. The van der Waals surface area contributed by atoms with Crippen molar-refractivity contribution in [2.24, 2.45) is 17.6 Å². The number of fused-ring (bicyclic) bond motifs is 2. The van der Waals surface area contributed by atoms with Gasteiger partial charge in [-0.15, -0.1) is 0 Å². The number of carbonyl (C=O) groups is 1. The summed E-state index contributed by atoms with van der Waals surface area (Å²) in [5.74, 6) is 1.22. The first-order valence-corrected chi connectivity index (χ1v) is 7.76. The highest BCUT2D eigenvalue weighted by Crippen LogP contribution is 2.39. The first-order valence-electron chi connectivity index (χ1n) is 7.76. The zero-order valence-corrected chi connectivity index (χ0v) is 12.1. The van der Waals surface area contributed by atoms with Gasteiger partial charge in [-0.05, 0) is 56.6 Å². The Balaban J connectivity index is 1.70. The smallest absolute Gasteiger partial charge is 0.251 e. The van der Waals surface area contributed by atoms with E-state index in [2.05, 4.69) is 5.32 Å². The van der Waals surface area contributed by atoms with E-state index in [1.165, 1.54) is 24.8 Å². The molecule has 2 aliphatic carbocycles. The van der Waals surface area contributed by atoms with Crippen LogP contribution in [0.2, 0.25) is 0 Å². The highest BCUT2D eigenvalue weighted by Gasteiger charge is 2.39. The minimum atomic E-state index is 0.0716. The van der Waals surface area contributed by atoms with Crippen LogP contribution in [0.15, 0.2) is 24.3 Å². The van der Waals surface area contributed by atoms with E-state index in [-0.39, 0.29) is 5.91 Å². The standard InChI is InChI=1S/C17H24N2O/c1-11-5-7-12(8-6-11)17(20)19-16-13-3-2-4-14(16)10-15(18)9-13/h5-8,13-16H,2-4,9-10,18H2,1H3,(H,19,20). The molecule has 2 unspecified atom stereocenters. The third kappa shape index (κ3) is 2.73. The second-order valence-corrected chi connectivity index (χ2v) is 6.55. The maximum absolute atomic E-state index is 12.4. The van der Waals surface area contributed by atoms with Gasteiger partial charge in [0.2, 0.25) is 0 Å². The maximum atomic E-state index is 12.4. The van der Waals surface area contributed by atoms with E-state index in [0.29, 0.717) is 23.9 Å². The maximum Gasteiger partial charge on any atom is 0.251 e. The molecule has 3 heteroatoms. The summed E-state index contributed by atoms with van der Waals surface area (Å²) < 4.78 is 0. The predicted octanol–water partition coefficient (Wildman–Crippen LogP) is 2.63. The van der Waals surface area contributed by atoms with E-state index in [1.54, 1.807) is 0 Å². The number of carbonyl (C=O) groups excluding carboxylic acids is 1. The number of nitrogens with two attached hydrogens (primary N) is 1. The molecule has 0 aromatic heterocycles. The molecule has 2 atom stereocenters. The predicted molar refractivity (Wildman–Crippen MR) is 80.5 cm³/mol. The van der Waals surface area contributed by atoms with Crippen LogP contribution in [-0.2, 0) is 0 Å². The molecule has 1 aromatic rings. The van der Waals surface area contributed by atoms with Crippen LogP contribution in [0, 0.1) is 18.8 Å². The molecule has 1 aromatic carbocycles. The Morgan fingerprint density at radius 2 is 1.75 bits per heavy atom. The molecule has 3 rings (SSSR count). The molecule has 2 fully saturated rings. The minimum absolute atomic E-state index is 0.0716. The molecule has 0 saturated heterocycles. The van der Waals surface area contributed by atoms with Crippen LogP contribution in [-0.4, -0.2) is 18.0 Å². The Hall–Kier alpha value is -1.35. The summed E-state index contributed by atoms with van der Waals surface area (Å²) in [6.45, 7) is 2.04. The Kier molecular flexibility index (Phi) is 3.79. The van der Waals surface area contributed by atoms with Crippen LogP contribution < -0.4 is 11.1 Å². The van der Waals surface area contributed by atoms with E-state index in [1.807, 2.05) is 31.2 Å². The van der Waals surface area contributed by atoms with Crippen molar-refractivity contribution < 1.29 is 4.79 Å². The molecule has 2 aliphatic rings. The molecule has 2 saturated carbocycles. The zero-order valence-electron chi connectivity index (χ0n) is 12.1. The van der Waals surface area contributed by atoms with Crippen molar-refractivity contribution >= 4 is 5.91 Å². The molecule has 3 N–H and O–H groups in total. The molecule has 1 amide bonds. The fourth-order valence-corrected chi connectivity index (χ4v) is 3.96. The summed E-state index contributed by atoms with van der Waals surface area (Å²) >= 11 is 0. The molecular formula is C17H24N2O. The lowest BCUT2D eigenvalue weighted by Crippen LogP contribution is -2.53. The number of amides is 1. The van der Waals surface area contributed by atoms with Crippen LogP contribution in [0.3, 0.4) is 0 Å². The van der Waals surface area contributed by atoms with Gasteiger partial charge in [-0.25, -0.2) is 0 Å². The first-order chi connectivity index (χ1) is 9.63. The molecule has 20 heavy (non-hydrogen) atoms. The van der Waals surface area contributed by atoms with Gasteiger partial charge >= 0.3 is 0 Å². The first kappa shape index (κ1) is 13.6. The Labute approximate surface area is 120 Å². The summed E-state index contributed by atoms with van der Waals surface area (Å²) in [6, 6.07) is 8.47. The second kappa shape index (κ2) is 5.57. The largest absolute Gasteiger partial charge is 0.349 e. The molecule has 3 nitrogen and oxygen atoms in total. The highest BCUT2D eigenvalue weighted by molar-refractivity contribution is 5.94. The van der Waals surface area contributed by atoms with Gasteiger partial charge in [-0.2, -0.15) is 0 Å². The molecule has 108 valence electrons. The van der Waals surface area contributed by atoms with Crippen molar-refractivity contribution in [2.75, 3.05) is 0 Å². The van der Waals surface area contributed by atoms with Crippen LogP contribution in [0.4, 0.5) is 0 Å². The zero-order chi connectivity index (χ0) is 14.1. The molecule has 0 heterocycles. The van der Waals surface area contributed by atoms with E-state index in [0.717, 1.165) is 18.4 Å². The van der Waals surface area contributed by atoms with Gasteiger partial charge in [0.25, 0.3) is 5.91 Å². The molecule has 2 bridgehead atoms. The topological polar surface area (TPSA) is 55.1 Å². The van der Waals surface area contributed by atoms with Crippen LogP contribution in [0.5, 0.6) is 0 Å². The van der Waals surface area contributed by atoms with Gasteiger partial charge in [-0.1, -0.05) is 24.1 Å². The number of rotatable bonds is 2. The Bertz CT molecular complexity index is 468. The quantitative estimate of drug-likeness (QED) is 0.869. The van der Waals surface area contributed by atoms with Crippen molar-refractivity contribution in [3.63, 3.8) is 0 Å². The SMILES string of the molecule is Cc1ccc(C(=O)NC2C3CCCC2CC(N)C3)cc1. The van der Waals surface area contributed by atoms with Gasteiger partial charge in [-0.3, -0.25) is 4.79 Å². The van der Waals surface area contributed by atoms with Crippen LogP contribution in [0.1, 0.15) is 48.0 Å². The fraction of sp³-hybridized carbons (Fsp3) is 0.588. The van der Waals surface area contributed by atoms with Gasteiger partial charge < -0.3 is 11.1 Å². The number of hydrogen-bond acceptors (Lipinski definition) is 2. The van der Waals surface area contributed by atoms with Gasteiger partial charge in [0.15, 0.2) is 0 Å². The van der Waals surface area contributed by atoms with Crippen molar-refractivity contribution in [3.05, 3.63) is 35.4 Å². The number of benzene rings is 1. The fourth-order valence-electron chi connectivity index (χ4n) is 3.96. The average molecular weight is 272 g/mol. The lowest BCUT2D eigenvalue weighted by molar-refractivity contribution is 0.0756. The third-order valence-corrected chi connectivity index (χ3v) is 4.99. The van der Waals surface area contributed by atoms with Crippen molar-refractivity contribution in [3.8, 4) is 0 Å². The summed E-state index contributed by atoms with van der Waals surface area (Å²) in [5, 5.41) is 3.28. The number of nitrogens with one attached hydrogen (secondary N) is 1. The summed E-state index contributed by atoms with van der Waals surface area (Å²) in [6.07, 6.45) is 5.84. The van der Waals surface area contributed by atoms with Crippen LogP contribution in [0.25, 0.3) is 0 Å². The van der Waals surface area contributed by atoms with Crippen LogP contribution >= 0.6 is 0 Å². The summed E-state index contributed by atoms with van der Waals surface area (Å²) in [7, 11) is 0. The van der Waals surface area contributed by atoms with E-state index >= 15 is 0 Å². The van der Waals surface area contributed by atoms with E-state index in [4.69, 9.17) is 5.73 Å². The van der Waals surface area contributed by atoms with E-state index < -0.39 is 0 Å². The molecule has 0 spiro atoms. The molecule has 0 radical (unpaired) electrons. The molecule has 0 aliphatic heterocycles. The number of aryl methyl sites for hydroxylation is 1. The van der Waals surface area contributed by atoms with E-state index in [9.17, 15) is 4.79 Å². The lowest BCUT2D eigenvalue weighted by atomic mass is 9.67. The Morgan fingerprint density at radius 1 is 1.15 bits per heavy atom. The van der Waals surface area contributed by atoms with Gasteiger partial charge in [0, 0.05) is 17.6 Å². The lowest BCUT2D eigenvalue weighted by Gasteiger charge is -2.45. The third-order valence-electron chi connectivity index (χ3n) is 4.99. The van der Waals surface area contributed by atoms with Gasteiger partial charge in [0.05, 0.1) is 0 Å².